The first-order valence-electron chi connectivity index (χ1n) is 3.48. The quantitative estimate of drug-likeness (QED) is 0.580. The first-order chi connectivity index (χ1) is 5.62. The smallest absolute Gasteiger partial charge is 0.254 e. The van der Waals surface area contributed by atoms with Crippen LogP contribution in [0.2, 0.25) is 0 Å². The first-order valence-corrected chi connectivity index (χ1v) is 4.92. The van der Waals surface area contributed by atoms with Crippen molar-refractivity contribution >= 4 is 10.0 Å². The number of nitrogens with zero attached hydrogens (tertiary/aromatic N) is 1. The molecule has 12 heavy (non-hydrogen) atoms. The molecule has 0 aliphatic carbocycles. The molecule has 0 fully saturated rings. The molecule has 0 atom stereocenters. The number of hydrazine groups is 1. The van der Waals surface area contributed by atoms with E-state index < -0.39 is 10.0 Å². The van der Waals surface area contributed by atoms with Crippen LogP contribution in [0.3, 0.4) is 0 Å². The molecule has 2 rings (SSSR count). The molecule has 0 amide bonds. The van der Waals surface area contributed by atoms with Crippen LogP contribution in [0.4, 0.5) is 0 Å². The molecule has 0 spiro atoms. The van der Waals surface area contributed by atoms with E-state index in [4.69, 9.17) is 5.84 Å². The minimum atomic E-state index is -3.37. The van der Waals surface area contributed by atoms with Crippen molar-refractivity contribution < 1.29 is 8.42 Å². The predicted molar refractivity (Wildman–Crippen MR) is 43.4 cm³/mol. The number of sulfonamides is 1. The molecule has 1 heterocycles. The van der Waals surface area contributed by atoms with Crippen molar-refractivity contribution in [1.82, 2.24) is 4.41 Å². The number of fused-ring (bicyclic) bond motifs is 1. The molecule has 1 aliphatic heterocycles. The summed E-state index contributed by atoms with van der Waals surface area (Å²) in [6, 6.07) is 6.82. The van der Waals surface area contributed by atoms with Crippen molar-refractivity contribution in [2.75, 3.05) is 0 Å². The van der Waals surface area contributed by atoms with Gasteiger partial charge < -0.3 is 0 Å². The van der Waals surface area contributed by atoms with Gasteiger partial charge in [0, 0.05) is 0 Å². The number of benzene rings is 1. The van der Waals surface area contributed by atoms with E-state index in [9.17, 15) is 8.42 Å². The lowest BCUT2D eigenvalue weighted by molar-refractivity contribution is 0.442. The summed E-state index contributed by atoms with van der Waals surface area (Å²) in [6.07, 6.45) is 0. The highest BCUT2D eigenvalue weighted by Gasteiger charge is 2.31. The minimum Gasteiger partial charge on any atom is -0.254 e. The molecule has 1 aliphatic rings. The molecule has 1 aromatic carbocycles. The fourth-order valence-electron chi connectivity index (χ4n) is 1.27. The van der Waals surface area contributed by atoms with Crippen molar-refractivity contribution in [2.24, 2.45) is 5.84 Å². The average molecular weight is 184 g/mol. The molecule has 0 unspecified atom stereocenters. The Balaban J connectivity index is 2.72. The Morgan fingerprint density at radius 1 is 1.33 bits per heavy atom. The van der Waals surface area contributed by atoms with E-state index in [0.717, 1.165) is 9.98 Å². The molecular formula is C7H8N2O2S. The Morgan fingerprint density at radius 3 is 2.67 bits per heavy atom. The van der Waals surface area contributed by atoms with Crippen LogP contribution in [-0.4, -0.2) is 12.8 Å². The molecule has 2 N–H and O–H groups in total. The monoisotopic (exact) mass is 184 g/mol. The third-order valence-corrected chi connectivity index (χ3v) is 3.59. The normalized spacial score (nSPS) is 20.8. The van der Waals surface area contributed by atoms with Crippen LogP contribution < -0.4 is 5.84 Å². The summed E-state index contributed by atoms with van der Waals surface area (Å²) in [7, 11) is -3.37. The van der Waals surface area contributed by atoms with Gasteiger partial charge in [-0.05, 0) is 11.6 Å². The van der Waals surface area contributed by atoms with Crippen molar-refractivity contribution in [3.63, 3.8) is 0 Å². The number of hydrogen-bond acceptors (Lipinski definition) is 3. The van der Waals surface area contributed by atoms with Crippen LogP contribution in [0, 0.1) is 0 Å². The SMILES string of the molecule is NN1Cc2ccccc2S1(=O)=O. The zero-order valence-electron chi connectivity index (χ0n) is 6.27. The van der Waals surface area contributed by atoms with Gasteiger partial charge in [0.05, 0.1) is 11.4 Å². The summed E-state index contributed by atoms with van der Waals surface area (Å²) in [4.78, 5) is 0.326. The Bertz CT molecular complexity index is 413. The fraction of sp³-hybridized carbons (Fsp3) is 0.143. The number of hydrogen-bond donors (Lipinski definition) is 1. The van der Waals surface area contributed by atoms with E-state index in [0.29, 0.717) is 4.90 Å². The molecule has 4 nitrogen and oxygen atoms in total. The van der Waals surface area contributed by atoms with Crippen LogP contribution >= 0.6 is 0 Å². The van der Waals surface area contributed by atoms with Crippen LogP contribution in [0.5, 0.6) is 0 Å². The highest BCUT2D eigenvalue weighted by atomic mass is 32.2. The maximum atomic E-state index is 11.4. The van der Waals surface area contributed by atoms with Crippen molar-refractivity contribution in [2.45, 2.75) is 11.4 Å². The topological polar surface area (TPSA) is 63.4 Å². The summed E-state index contributed by atoms with van der Waals surface area (Å²) in [6.45, 7) is 0.276. The van der Waals surface area contributed by atoms with E-state index in [1.54, 1.807) is 24.3 Å². The molecular weight excluding hydrogens is 176 g/mol. The fourth-order valence-corrected chi connectivity index (χ4v) is 2.54. The van der Waals surface area contributed by atoms with Crippen LogP contribution in [-0.2, 0) is 16.6 Å². The molecule has 5 heteroatoms. The Hall–Kier alpha value is -0.910. The van der Waals surface area contributed by atoms with Gasteiger partial charge in [0.15, 0.2) is 0 Å². The lowest BCUT2D eigenvalue weighted by Crippen LogP contribution is -2.31. The van der Waals surface area contributed by atoms with E-state index in [-0.39, 0.29) is 6.54 Å². The third kappa shape index (κ3) is 0.874. The van der Waals surface area contributed by atoms with E-state index in [1.165, 1.54) is 0 Å². The van der Waals surface area contributed by atoms with E-state index >= 15 is 0 Å². The van der Waals surface area contributed by atoms with Crippen LogP contribution in [0.25, 0.3) is 0 Å². The van der Waals surface area contributed by atoms with E-state index in [2.05, 4.69) is 0 Å². The van der Waals surface area contributed by atoms with Crippen molar-refractivity contribution in [3.8, 4) is 0 Å². The van der Waals surface area contributed by atoms with Crippen LogP contribution in [0.1, 0.15) is 5.56 Å². The number of rotatable bonds is 0. The zero-order chi connectivity index (χ0) is 8.77. The highest BCUT2D eigenvalue weighted by molar-refractivity contribution is 7.89. The third-order valence-electron chi connectivity index (χ3n) is 1.89. The van der Waals surface area contributed by atoms with Gasteiger partial charge in [-0.2, -0.15) is 0 Å². The summed E-state index contributed by atoms with van der Waals surface area (Å²) in [5.41, 5.74) is 0.764. The molecule has 0 radical (unpaired) electrons. The molecule has 0 saturated heterocycles. The van der Waals surface area contributed by atoms with Gasteiger partial charge in [0.1, 0.15) is 0 Å². The van der Waals surface area contributed by atoms with Gasteiger partial charge in [-0.15, -0.1) is 4.41 Å². The zero-order valence-corrected chi connectivity index (χ0v) is 7.08. The van der Waals surface area contributed by atoms with E-state index in [1.807, 2.05) is 0 Å². The Labute approximate surface area is 70.6 Å². The van der Waals surface area contributed by atoms with Gasteiger partial charge in [-0.1, -0.05) is 18.2 Å². The second-order valence-corrected chi connectivity index (χ2v) is 4.52. The highest BCUT2D eigenvalue weighted by Crippen LogP contribution is 2.26. The van der Waals surface area contributed by atoms with Gasteiger partial charge in [-0.25, -0.2) is 8.42 Å². The maximum Gasteiger partial charge on any atom is 0.256 e. The van der Waals surface area contributed by atoms with Gasteiger partial charge in [-0.3, -0.25) is 5.84 Å². The largest absolute Gasteiger partial charge is 0.256 e. The second kappa shape index (κ2) is 2.29. The predicted octanol–water partition coefficient (Wildman–Crippen LogP) is 0.0646. The second-order valence-electron chi connectivity index (χ2n) is 2.66. The summed E-state index contributed by atoms with van der Waals surface area (Å²) >= 11 is 0. The molecule has 1 aromatic rings. The molecule has 64 valence electrons. The van der Waals surface area contributed by atoms with Gasteiger partial charge >= 0.3 is 0 Å². The Kier molecular flexibility index (Phi) is 1.47. The lowest BCUT2D eigenvalue weighted by Gasteiger charge is -2.04. The maximum absolute atomic E-state index is 11.4. The minimum absolute atomic E-state index is 0.276. The molecule has 0 saturated carbocycles. The van der Waals surface area contributed by atoms with Crippen molar-refractivity contribution in [3.05, 3.63) is 29.8 Å². The van der Waals surface area contributed by atoms with Gasteiger partial charge in [0.25, 0.3) is 10.0 Å². The van der Waals surface area contributed by atoms with Gasteiger partial charge in [0.2, 0.25) is 0 Å². The summed E-state index contributed by atoms with van der Waals surface area (Å²) in [5.74, 6) is 5.31. The summed E-state index contributed by atoms with van der Waals surface area (Å²) in [5, 5.41) is 0. The average Bonchev–Trinajstić information content (AvgIpc) is 2.25. The molecule has 0 aromatic heterocycles. The Morgan fingerprint density at radius 2 is 2.00 bits per heavy atom. The lowest BCUT2D eigenvalue weighted by atomic mass is 10.2. The summed E-state index contributed by atoms with van der Waals surface area (Å²) < 4.78 is 23.6. The number of nitrogens with two attached hydrogens (primary N) is 1. The first kappa shape index (κ1) is 7.72. The van der Waals surface area contributed by atoms with Crippen molar-refractivity contribution in [1.29, 1.82) is 0 Å². The van der Waals surface area contributed by atoms with Crippen LogP contribution in [0.15, 0.2) is 29.2 Å². The molecule has 0 bridgehead atoms. The standard InChI is InChI=1S/C7H8N2O2S/c8-9-5-6-3-1-2-4-7(6)12(9,10)11/h1-4H,5,8H2.